The molecule has 0 aromatic heterocycles. The molecule has 0 spiro atoms. The van der Waals surface area contributed by atoms with Crippen molar-refractivity contribution in [3.8, 4) is 5.75 Å². The van der Waals surface area contributed by atoms with Crippen molar-refractivity contribution >= 4 is 5.97 Å². The van der Waals surface area contributed by atoms with Gasteiger partial charge in [-0.25, -0.2) is 0 Å². The lowest BCUT2D eigenvalue weighted by molar-refractivity contribution is -0.141. The van der Waals surface area contributed by atoms with Crippen molar-refractivity contribution in [1.29, 1.82) is 0 Å². The number of hydrogen-bond acceptors (Lipinski definition) is 4. The average molecular weight is 237 g/mol. The second kappa shape index (κ2) is 6.91. The Morgan fingerprint density at radius 1 is 1.29 bits per heavy atom. The first-order chi connectivity index (χ1) is 8.15. The summed E-state index contributed by atoms with van der Waals surface area (Å²) in [6, 6.07) is 7.69. The van der Waals surface area contributed by atoms with Crippen molar-refractivity contribution in [1.82, 2.24) is 0 Å². The minimum absolute atomic E-state index is 0.149. The van der Waals surface area contributed by atoms with Gasteiger partial charge in [0.05, 0.1) is 20.6 Å². The summed E-state index contributed by atoms with van der Waals surface area (Å²) in [5, 5.41) is 0. The summed E-state index contributed by atoms with van der Waals surface area (Å²) < 4.78 is 9.64. The molecule has 4 nitrogen and oxygen atoms in total. The Kier molecular flexibility index (Phi) is 5.49. The van der Waals surface area contributed by atoms with Crippen LogP contribution in [-0.4, -0.2) is 26.2 Å². The molecule has 1 atom stereocenters. The molecule has 1 aromatic rings. The number of hydrogen-bond donors (Lipinski definition) is 1. The smallest absolute Gasteiger partial charge is 0.307 e. The number of carbonyl (C=O) groups excluding carboxylic acids is 1. The van der Waals surface area contributed by atoms with Crippen LogP contribution in [0.4, 0.5) is 0 Å². The van der Waals surface area contributed by atoms with Crippen molar-refractivity contribution in [3.63, 3.8) is 0 Å². The molecule has 94 valence electrons. The molecule has 1 aromatic carbocycles. The van der Waals surface area contributed by atoms with Crippen LogP contribution >= 0.6 is 0 Å². The van der Waals surface area contributed by atoms with E-state index in [0.717, 1.165) is 18.6 Å². The molecule has 1 rings (SSSR count). The van der Waals surface area contributed by atoms with E-state index in [1.807, 2.05) is 24.3 Å². The third-order valence-corrected chi connectivity index (χ3v) is 2.62. The Bertz CT molecular complexity index is 348. The first-order valence-corrected chi connectivity index (χ1v) is 5.61. The number of rotatable bonds is 6. The highest BCUT2D eigenvalue weighted by atomic mass is 16.5. The lowest BCUT2D eigenvalue weighted by atomic mass is 10.0. The van der Waals surface area contributed by atoms with Crippen LogP contribution in [0.15, 0.2) is 24.3 Å². The van der Waals surface area contributed by atoms with Gasteiger partial charge in [0.1, 0.15) is 5.75 Å². The lowest BCUT2D eigenvalue weighted by Gasteiger charge is -2.10. The number of aryl methyl sites for hydroxylation is 1. The fourth-order valence-electron chi connectivity index (χ4n) is 1.54. The molecule has 0 saturated heterocycles. The molecule has 0 aliphatic heterocycles. The van der Waals surface area contributed by atoms with E-state index < -0.39 is 0 Å². The number of esters is 1. The Balaban J connectivity index is 2.36. The molecule has 0 unspecified atom stereocenters. The van der Waals surface area contributed by atoms with Crippen LogP contribution < -0.4 is 10.5 Å². The summed E-state index contributed by atoms with van der Waals surface area (Å²) >= 11 is 0. The highest BCUT2D eigenvalue weighted by Gasteiger charge is 2.09. The van der Waals surface area contributed by atoms with Gasteiger partial charge in [-0.2, -0.15) is 0 Å². The molecule has 0 aliphatic carbocycles. The minimum atomic E-state index is -0.257. The molecule has 17 heavy (non-hydrogen) atoms. The SMILES string of the molecule is COC(=O)C[C@H](N)CCc1ccc(OC)cc1. The van der Waals surface area contributed by atoms with Gasteiger partial charge in [0, 0.05) is 6.04 Å². The van der Waals surface area contributed by atoms with Crippen LogP contribution in [-0.2, 0) is 16.0 Å². The predicted molar refractivity (Wildman–Crippen MR) is 65.9 cm³/mol. The quantitative estimate of drug-likeness (QED) is 0.762. The van der Waals surface area contributed by atoms with Crippen LogP contribution in [0, 0.1) is 0 Å². The van der Waals surface area contributed by atoms with Gasteiger partial charge in [0.15, 0.2) is 0 Å². The zero-order valence-corrected chi connectivity index (χ0v) is 10.3. The van der Waals surface area contributed by atoms with Gasteiger partial charge >= 0.3 is 5.97 Å². The van der Waals surface area contributed by atoms with Crippen molar-refractivity contribution in [3.05, 3.63) is 29.8 Å². The van der Waals surface area contributed by atoms with Gasteiger partial charge in [-0.15, -0.1) is 0 Å². The predicted octanol–water partition coefficient (Wildman–Crippen LogP) is 1.52. The van der Waals surface area contributed by atoms with Gasteiger partial charge < -0.3 is 15.2 Å². The molecule has 0 heterocycles. The molecule has 2 N–H and O–H groups in total. The summed E-state index contributed by atoms with van der Waals surface area (Å²) in [4.78, 5) is 11.0. The Morgan fingerprint density at radius 3 is 2.47 bits per heavy atom. The Morgan fingerprint density at radius 2 is 1.94 bits per heavy atom. The van der Waals surface area contributed by atoms with E-state index in [-0.39, 0.29) is 18.4 Å². The van der Waals surface area contributed by atoms with Crippen LogP contribution in [0.25, 0.3) is 0 Å². The summed E-state index contributed by atoms with van der Waals surface area (Å²) in [5.74, 6) is 0.583. The Labute approximate surface area is 102 Å². The van der Waals surface area contributed by atoms with E-state index in [9.17, 15) is 4.79 Å². The summed E-state index contributed by atoms with van der Waals surface area (Å²) in [7, 11) is 3.01. The molecule has 0 saturated carbocycles. The van der Waals surface area contributed by atoms with Crippen LogP contribution in [0.5, 0.6) is 5.75 Å². The number of methoxy groups -OCH3 is 2. The van der Waals surface area contributed by atoms with E-state index in [0.29, 0.717) is 0 Å². The number of carbonyl (C=O) groups is 1. The molecule has 0 bridgehead atoms. The van der Waals surface area contributed by atoms with Gasteiger partial charge in [0.2, 0.25) is 0 Å². The fraction of sp³-hybridized carbons (Fsp3) is 0.462. The van der Waals surface area contributed by atoms with Crippen molar-refractivity contribution in [2.45, 2.75) is 25.3 Å². The Hall–Kier alpha value is -1.55. The van der Waals surface area contributed by atoms with Crippen molar-refractivity contribution in [2.24, 2.45) is 5.73 Å². The van der Waals surface area contributed by atoms with Gasteiger partial charge in [-0.05, 0) is 30.5 Å². The highest BCUT2D eigenvalue weighted by Crippen LogP contribution is 2.13. The molecular weight excluding hydrogens is 218 g/mol. The lowest BCUT2D eigenvalue weighted by Crippen LogP contribution is -2.25. The molecule has 0 radical (unpaired) electrons. The third kappa shape index (κ3) is 4.87. The first kappa shape index (κ1) is 13.5. The number of benzene rings is 1. The largest absolute Gasteiger partial charge is 0.497 e. The monoisotopic (exact) mass is 237 g/mol. The molecule has 0 amide bonds. The number of nitrogens with two attached hydrogens (primary N) is 1. The fourth-order valence-corrected chi connectivity index (χ4v) is 1.54. The summed E-state index contributed by atoms with van der Waals surface area (Å²) in [5.41, 5.74) is 7.01. The first-order valence-electron chi connectivity index (χ1n) is 5.61. The normalized spacial score (nSPS) is 11.9. The highest BCUT2D eigenvalue weighted by molar-refractivity contribution is 5.69. The van der Waals surface area contributed by atoms with E-state index in [1.54, 1.807) is 7.11 Å². The summed E-state index contributed by atoms with van der Waals surface area (Å²) in [6.45, 7) is 0. The topological polar surface area (TPSA) is 61.5 Å². The maximum absolute atomic E-state index is 11.0. The van der Waals surface area contributed by atoms with E-state index >= 15 is 0 Å². The van der Waals surface area contributed by atoms with Crippen LogP contribution in [0.2, 0.25) is 0 Å². The van der Waals surface area contributed by atoms with Crippen LogP contribution in [0.3, 0.4) is 0 Å². The molecular formula is C13H19NO3. The summed E-state index contributed by atoms with van der Waals surface area (Å²) in [6.07, 6.45) is 1.89. The van der Waals surface area contributed by atoms with Crippen LogP contribution in [0.1, 0.15) is 18.4 Å². The van der Waals surface area contributed by atoms with Gasteiger partial charge in [-0.1, -0.05) is 12.1 Å². The van der Waals surface area contributed by atoms with Gasteiger partial charge in [0.25, 0.3) is 0 Å². The van der Waals surface area contributed by atoms with E-state index in [2.05, 4.69) is 4.74 Å². The second-order valence-electron chi connectivity index (χ2n) is 3.93. The standard InChI is InChI=1S/C13H19NO3/c1-16-12-7-4-10(5-8-12)3-6-11(14)9-13(15)17-2/h4-5,7-8,11H,3,6,9,14H2,1-2H3/t11-/m1/s1. The molecule has 4 heteroatoms. The number of ether oxygens (including phenoxy) is 2. The average Bonchev–Trinajstić information content (AvgIpc) is 2.36. The second-order valence-corrected chi connectivity index (χ2v) is 3.93. The van der Waals surface area contributed by atoms with E-state index in [1.165, 1.54) is 12.7 Å². The molecule has 0 fully saturated rings. The minimum Gasteiger partial charge on any atom is -0.497 e. The van der Waals surface area contributed by atoms with Crippen molar-refractivity contribution in [2.75, 3.05) is 14.2 Å². The van der Waals surface area contributed by atoms with Crippen molar-refractivity contribution < 1.29 is 14.3 Å². The van der Waals surface area contributed by atoms with E-state index in [4.69, 9.17) is 10.5 Å². The maximum atomic E-state index is 11.0. The maximum Gasteiger partial charge on any atom is 0.307 e. The zero-order valence-electron chi connectivity index (χ0n) is 10.3. The molecule has 0 aliphatic rings. The zero-order chi connectivity index (χ0) is 12.7. The third-order valence-electron chi connectivity index (χ3n) is 2.62. The van der Waals surface area contributed by atoms with Gasteiger partial charge in [-0.3, -0.25) is 4.79 Å².